The molecule has 0 aliphatic carbocycles. The van der Waals surface area contributed by atoms with Crippen molar-refractivity contribution >= 4 is 23.7 Å². The van der Waals surface area contributed by atoms with Gasteiger partial charge in [0.2, 0.25) is 17.7 Å². The van der Waals surface area contributed by atoms with Crippen molar-refractivity contribution in [1.29, 1.82) is 0 Å². The Labute approximate surface area is 175 Å². The normalized spacial score (nSPS) is 12.5. The fraction of sp³-hybridized carbons (Fsp3) is 0.500. The molecule has 0 heterocycles. The van der Waals surface area contributed by atoms with Crippen LogP contribution in [0.5, 0.6) is 0 Å². The average molecular weight is 423 g/mol. The van der Waals surface area contributed by atoms with Gasteiger partial charge in [-0.05, 0) is 5.56 Å². The molecule has 0 radical (unpaired) electrons. The molecule has 0 saturated heterocycles. The summed E-state index contributed by atoms with van der Waals surface area (Å²) in [5.74, 6) is -2.96. The predicted molar refractivity (Wildman–Crippen MR) is 108 cm³/mol. The van der Waals surface area contributed by atoms with Crippen LogP contribution in [-0.2, 0) is 35.1 Å². The molecule has 0 spiro atoms. The zero-order valence-corrected chi connectivity index (χ0v) is 17.2. The lowest BCUT2D eigenvalue weighted by Crippen LogP contribution is -2.55. The Hall–Kier alpha value is -2.98. The van der Waals surface area contributed by atoms with E-state index in [4.69, 9.17) is 14.6 Å². The number of ether oxygens (including phenoxy) is 2. The lowest BCUT2D eigenvalue weighted by molar-refractivity contribution is -0.141. The van der Waals surface area contributed by atoms with Crippen molar-refractivity contribution in [3.63, 3.8) is 0 Å². The predicted octanol–water partition coefficient (Wildman–Crippen LogP) is -0.527. The molecule has 0 bridgehead atoms. The van der Waals surface area contributed by atoms with E-state index in [1.165, 1.54) is 14.0 Å². The van der Waals surface area contributed by atoms with Crippen molar-refractivity contribution in [2.45, 2.75) is 31.8 Å². The Bertz CT molecular complexity index is 697. The van der Waals surface area contributed by atoms with Crippen molar-refractivity contribution < 1.29 is 33.8 Å². The fourth-order valence-electron chi connectivity index (χ4n) is 2.57. The summed E-state index contributed by atoms with van der Waals surface area (Å²) >= 11 is 0. The molecule has 10 nitrogen and oxygen atoms in total. The van der Waals surface area contributed by atoms with Gasteiger partial charge in [0.25, 0.3) is 0 Å². The Morgan fingerprint density at radius 1 is 0.967 bits per heavy atom. The van der Waals surface area contributed by atoms with E-state index in [2.05, 4.69) is 16.0 Å². The van der Waals surface area contributed by atoms with Crippen LogP contribution < -0.4 is 16.0 Å². The van der Waals surface area contributed by atoms with Gasteiger partial charge in [0, 0.05) is 27.0 Å². The van der Waals surface area contributed by atoms with E-state index in [0.29, 0.717) is 13.2 Å². The first kappa shape index (κ1) is 25.1. The molecule has 0 aliphatic heterocycles. The molecule has 166 valence electrons. The zero-order valence-electron chi connectivity index (χ0n) is 17.2. The second kappa shape index (κ2) is 14.1. The number of hydrogen-bond acceptors (Lipinski definition) is 6. The highest BCUT2D eigenvalue weighted by molar-refractivity contribution is 5.93. The number of methoxy groups -OCH3 is 1. The molecule has 0 unspecified atom stereocenters. The highest BCUT2D eigenvalue weighted by Crippen LogP contribution is 2.05. The van der Waals surface area contributed by atoms with Gasteiger partial charge in [0.05, 0.1) is 26.2 Å². The van der Waals surface area contributed by atoms with Gasteiger partial charge in [-0.15, -0.1) is 0 Å². The van der Waals surface area contributed by atoms with Gasteiger partial charge in [0.15, 0.2) is 0 Å². The topological polar surface area (TPSA) is 143 Å². The number of amides is 3. The first-order chi connectivity index (χ1) is 14.3. The number of carbonyl (C=O) groups excluding carboxylic acids is 3. The summed E-state index contributed by atoms with van der Waals surface area (Å²) < 4.78 is 10.1. The molecule has 0 fully saturated rings. The Morgan fingerprint density at radius 2 is 1.67 bits per heavy atom. The van der Waals surface area contributed by atoms with Crippen molar-refractivity contribution in [3.8, 4) is 0 Å². The smallest absolute Gasteiger partial charge is 0.305 e. The largest absolute Gasteiger partial charge is 0.481 e. The van der Waals surface area contributed by atoms with Crippen LogP contribution in [0, 0.1) is 0 Å². The van der Waals surface area contributed by atoms with Gasteiger partial charge in [-0.3, -0.25) is 19.2 Å². The molecule has 4 N–H and O–H groups in total. The second-order valence-electron chi connectivity index (χ2n) is 6.50. The monoisotopic (exact) mass is 423 g/mol. The minimum absolute atomic E-state index is 0.147. The van der Waals surface area contributed by atoms with Gasteiger partial charge in [-0.1, -0.05) is 30.3 Å². The minimum atomic E-state index is -1.29. The van der Waals surface area contributed by atoms with E-state index in [1.807, 2.05) is 6.07 Å². The summed E-state index contributed by atoms with van der Waals surface area (Å²) in [4.78, 5) is 47.7. The summed E-state index contributed by atoms with van der Waals surface area (Å²) in [6.07, 6.45) is -0.402. The average Bonchev–Trinajstić information content (AvgIpc) is 2.69. The summed E-state index contributed by atoms with van der Waals surface area (Å²) in [5, 5.41) is 16.6. The SMILES string of the molecule is COCCOCCNC(=O)[C@H](CC(=O)O)NC(=O)[C@@H](Cc1ccccc1)NC(C)=O. The summed E-state index contributed by atoms with van der Waals surface area (Å²) in [6.45, 7) is 2.41. The van der Waals surface area contributed by atoms with Crippen LogP contribution in [0.3, 0.4) is 0 Å². The number of nitrogens with one attached hydrogen (secondary N) is 3. The van der Waals surface area contributed by atoms with Crippen LogP contribution in [-0.4, -0.2) is 74.4 Å². The van der Waals surface area contributed by atoms with E-state index in [0.717, 1.165) is 5.56 Å². The zero-order chi connectivity index (χ0) is 22.4. The van der Waals surface area contributed by atoms with E-state index in [-0.39, 0.29) is 19.6 Å². The van der Waals surface area contributed by atoms with Crippen molar-refractivity contribution in [2.24, 2.45) is 0 Å². The molecule has 0 saturated carbocycles. The number of carboxylic acid groups (broad SMARTS) is 1. The Morgan fingerprint density at radius 3 is 2.27 bits per heavy atom. The van der Waals surface area contributed by atoms with Crippen molar-refractivity contribution in [1.82, 2.24) is 16.0 Å². The van der Waals surface area contributed by atoms with E-state index in [9.17, 15) is 19.2 Å². The van der Waals surface area contributed by atoms with Gasteiger partial charge in [0.1, 0.15) is 12.1 Å². The van der Waals surface area contributed by atoms with Crippen LogP contribution in [0.2, 0.25) is 0 Å². The number of rotatable bonds is 14. The standard InChI is InChI=1S/C20H29N3O7/c1-14(24)22-16(12-15-6-4-3-5-7-15)20(28)23-17(13-18(25)26)19(27)21-8-9-30-11-10-29-2/h3-7,16-17H,8-13H2,1-2H3,(H,21,27)(H,22,24)(H,23,28)(H,25,26)/t16-,17+/m1/s1. The van der Waals surface area contributed by atoms with Crippen LogP contribution in [0.1, 0.15) is 18.9 Å². The number of carbonyl (C=O) groups is 4. The van der Waals surface area contributed by atoms with Crippen molar-refractivity contribution in [3.05, 3.63) is 35.9 Å². The summed E-state index contributed by atoms with van der Waals surface area (Å²) in [6, 6.07) is 6.78. The minimum Gasteiger partial charge on any atom is -0.481 e. The third-order valence-corrected chi connectivity index (χ3v) is 3.97. The molecule has 1 aromatic carbocycles. The second-order valence-corrected chi connectivity index (χ2v) is 6.50. The molecule has 0 aromatic heterocycles. The molecule has 30 heavy (non-hydrogen) atoms. The van der Waals surface area contributed by atoms with Crippen LogP contribution in [0.4, 0.5) is 0 Å². The van der Waals surface area contributed by atoms with E-state index < -0.39 is 42.2 Å². The molecular weight excluding hydrogens is 394 g/mol. The highest BCUT2D eigenvalue weighted by atomic mass is 16.5. The molecular formula is C20H29N3O7. The quantitative estimate of drug-likeness (QED) is 0.295. The maximum Gasteiger partial charge on any atom is 0.305 e. The number of carboxylic acids is 1. The lowest BCUT2D eigenvalue weighted by atomic mass is 10.0. The van der Waals surface area contributed by atoms with Crippen molar-refractivity contribution in [2.75, 3.05) is 33.5 Å². The third-order valence-electron chi connectivity index (χ3n) is 3.97. The van der Waals surface area contributed by atoms with Crippen LogP contribution in [0.25, 0.3) is 0 Å². The molecule has 1 rings (SSSR count). The van der Waals surface area contributed by atoms with Crippen LogP contribution in [0.15, 0.2) is 30.3 Å². The maximum atomic E-state index is 12.7. The first-order valence-electron chi connectivity index (χ1n) is 9.51. The number of hydrogen-bond donors (Lipinski definition) is 4. The Balaban J connectivity index is 2.71. The van der Waals surface area contributed by atoms with Gasteiger partial charge >= 0.3 is 5.97 Å². The number of benzene rings is 1. The molecule has 10 heteroatoms. The summed E-state index contributed by atoms with van der Waals surface area (Å²) in [5.41, 5.74) is 0.804. The van der Waals surface area contributed by atoms with Gasteiger partial charge in [-0.2, -0.15) is 0 Å². The fourth-order valence-corrected chi connectivity index (χ4v) is 2.57. The Kier molecular flexibility index (Phi) is 11.8. The van der Waals surface area contributed by atoms with E-state index in [1.54, 1.807) is 24.3 Å². The third kappa shape index (κ3) is 10.5. The maximum absolute atomic E-state index is 12.7. The lowest BCUT2D eigenvalue weighted by Gasteiger charge is -2.22. The summed E-state index contributed by atoms with van der Waals surface area (Å²) in [7, 11) is 1.54. The van der Waals surface area contributed by atoms with Crippen LogP contribution >= 0.6 is 0 Å². The molecule has 1 aromatic rings. The highest BCUT2D eigenvalue weighted by Gasteiger charge is 2.28. The molecule has 0 aliphatic rings. The molecule has 2 atom stereocenters. The van der Waals surface area contributed by atoms with Gasteiger partial charge in [-0.25, -0.2) is 0 Å². The number of aliphatic carboxylic acids is 1. The molecule has 3 amide bonds. The first-order valence-corrected chi connectivity index (χ1v) is 9.51. The van der Waals surface area contributed by atoms with Gasteiger partial charge < -0.3 is 30.5 Å². The van der Waals surface area contributed by atoms with E-state index >= 15 is 0 Å².